The summed E-state index contributed by atoms with van der Waals surface area (Å²) in [4.78, 5) is 47.6. The number of guanidine groups is 1. The fourth-order valence-corrected chi connectivity index (χ4v) is 6.81. The Kier molecular flexibility index (Phi) is 7.72. The molecule has 2 aliphatic carbocycles. The van der Waals surface area contributed by atoms with Crippen LogP contribution in [0, 0.1) is 5.92 Å². The Bertz CT molecular complexity index is 1110. The first-order chi connectivity index (χ1) is 18.4. The maximum Gasteiger partial charge on any atom is 0.325 e. The van der Waals surface area contributed by atoms with Crippen LogP contribution in [0.25, 0.3) is 6.08 Å². The molecule has 0 unspecified atom stereocenters. The molecule has 0 bridgehead atoms. The number of nitrogens with two attached hydrogens (primary N) is 2. The first kappa shape index (κ1) is 26.3. The summed E-state index contributed by atoms with van der Waals surface area (Å²) in [5.41, 5.74) is 13.3. The molecule has 204 valence electrons. The lowest BCUT2D eigenvalue weighted by Crippen LogP contribution is -2.55. The summed E-state index contributed by atoms with van der Waals surface area (Å²) in [6.45, 7) is 1.62. The van der Waals surface area contributed by atoms with Crippen LogP contribution in [-0.4, -0.2) is 65.3 Å². The number of amides is 4. The molecule has 5 rings (SSSR count). The van der Waals surface area contributed by atoms with Crippen molar-refractivity contribution in [1.29, 1.82) is 0 Å². The second-order valence-electron chi connectivity index (χ2n) is 11.3. The molecule has 1 aromatic carbocycles. The Morgan fingerprint density at radius 3 is 2.58 bits per heavy atom. The predicted octanol–water partition coefficient (Wildman–Crippen LogP) is 2.89. The van der Waals surface area contributed by atoms with E-state index in [1.165, 1.54) is 22.4 Å². The smallest absolute Gasteiger partial charge is 0.325 e. The molecule has 9 heteroatoms. The minimum Gasteiger partial charge on any atom is -0.370 e. The third kappa shape index (κ3) is 5.28. The lowest BCUT2D eigenvalue weighted by Gasteiger charge is -2.41. The maximum absolute atomic E-state index is 14.0. The third-order valence-corrected chi connectivity index (χ3v) is 8.92. The van der Waals surface area contributed by atoms with E-state index in [2.05, 4.69) is 46.7 Å². The number of allylic oxidation sites excluding steroid dienone is 1. The average molecular weight is 521 g/mol. The molecular weight excluding hydrogens is 480 g/mol. The Labute approximate surface area is 224 Å². The number of piperidine rings is 1. The van der Waals surface area contributed by atoms with Crippen LogP contribution in [0.3, 0.4) is 0 Å². The molecule has 2 atom stereocenters. The van der Waals surface area contributed by atoms with E-state index in [4.69, 9.17) is 11.5 Å². The van der Waals surface area contributed by atoms with Crippen molar-refractivity contribution < 1.29 is 14.4 Å². The fraction of sp³-hybridized carbons (Fsp3) is 0.586. The van der Waals surface area contributed by atoms with Gasteiger partial charge in [-0.3, -0.25) is 14.6 Å². The zero-order valence-electron chi connectivity index (χ0n) is 22.1. The lowest BCUT2D eigenvalue weighted by atomic mass is 9.74. The van der Waals surface area contributed by atoms with Crippen LogP contribution in [0.4, 0.5) is 4.79 Å². The second kappa shape index (κ2) is 11.2. The van der Waals surface area contributed by atoms with Gasteiger partial charge in [-0.15, -0.1) is 0 Å². The number of likely N-dealkylation sites (tertiary alicyclic amines) is 1. The largest absolute Gasteiger partial charge is 0.370 e. The zero-order valence-corrected chi connectivity index (χ0v) is 22.1. The van der Waals surface area contributed by atoms with Gasteiger partial charge in [0.25, 0.3) is 5.91 Å². The first-order valence-electron chi connectivity index (χ1n) is 14.1. The van der Waals surface area contributed by atoms with E-state index < -0.39 is 18.1 Å². The second-order valence-corrected chi connectivity index (χ2v) is 11.3. The van der Waals surface area contributed by atoms with Gasteiger partial charge < -0.3 is 21.7 Å². The zero-order chi connectivity index (χ0) is 26.7. The predicted molar refractivity (Wildman–Crippen MR) is 147 cm³/mol. The summed E-state index contributed by atoms with van der Waals surface area (Å²) >= 11 is 0. The Morgan fingerprint density at radius 1 is 1.11 bits per heavy atom. The van der Waals surface area contributed by atoms with E-state index in [1.54, 1.807) is 0 Å². The molecule has 5 N–H and O–H groups in total. The number of carbonyl (C=O) groups is 3. The maximum atomic E-state index is 14.0. The van der Waals surface area contributed by atoms with Crippen LogP contribution >= 0.6 is 0 Å². The van der Waals surface area contributed by atoms with Crippen LogP contribution in [0.2, 0.25) is 0 Å². The fourth-order valence-electron chi connectivity index (χ4n) is 6.81. The Morgan fingerprint density at radius 2 is 1.84 bits per heavy atom. The van der Waals surface area contributed by atoms with E-state index in [0.29, 0.717) is 44.8 Å². The number of rotatable bonds is 8. The van der Waals surface area contributed by atoms with Crippen molar-refractivity contribution in [2.45, 2.75) is 81.7 Å². The van der Waals surface area contributed by atoms with E-state index in [0.717, 1.165) is 38.5 Å². The molecule has 3 fully saturated rings. The summed E-state index contributed by atoms with van der Waals surface area (Å²) in [6, 6.07) is 6.61. The van der Waals surface area contributed by atoms with Crippen LogP contribution in [0.5, 0.6) is 0 Å². The van der Waals surface area contributed by atoms with Gasteiger partial charge in [-0.1, -0.05) is 68.5 Å². The van der Waals surface area contributed by atoms with E-state index in [9.17, 15) is 14.4 Å². The molecule has 4 amide bonds. The molecule has 2 aliphatic heterocycles. The molecule has 4 aliphatic rings. The number of benzene rings is 1. The summed E-state index contributed by atoms with van der Waals surface area (Å²) in [6.07, 6.45) is 13.3. The highest BCUT2D eigenvalue weighted by Crippen LogP contribution is 2.44. The molecule has 0 aromatic heterocycles. The highest BCUT2D eigenvalue weighted by Gasteiger charge is 2.47. The minimum absolute atomic E-state index is 0.00597. The number of nitrogens with zero attached hydrogens (tertiary/aromatic N) is 3. The number of hydrogen-bond acceptors (Lipinski definition) is 4. The van der Waals surface area contributed by atoms with Crippen LogP contribution < -0.4 is 16.8 Å². The van der Waals surface area contributed by atoms with Gasteiger partial charge in [0.15, 0.2) is 5.96 Å². The van der Waals surface area contributed by atoms with Crippen molar-refractivity contribution in [2.24, 2.45) is 22.4 Å². The van der Waals surface area contributed by atoms with E-state index >= 15 is 0 Å². The average Bonchev–Trinajstić information content (AvgIpc) is 3.42. The Balaban J connectivity index is 1.29. The van der Waals surface area contributed by atoms with Crippen molar-refractivity contribution in [3.63, 3.8) is 0 Å². The topological polar surface area (TPSA) is 134 Å². The van der Waals surface area contributed by atoms with Crippen molar-refractivity contribution in [1.82, 2.24) is 15.1 Å². The summed E-state index contributed by atoms with van der Waals surface area (Å²) in [5.74, 6) is -0.0493. The first-order valence-corrected chi connectivity index (χ1v) is 14.1. The number of fused-ring (bicyclic) bond motifs is 2. The van der Waals surface area contributed by atoms with Crippen LogP contribution in [-0.2, 0) is 15.0 Å². The van der Waals surface area contributed by atoms with Gasteiger partial charge in [-0.25, -0.2) is 9.69 Å². The minimum atomic E-state index is -0.756. The van der Waals surface area contributed by atoms with Crippen molar-refractivity contribution in [2.75, 3.05) is 19.6 Å². The summed E-state index contributed by atoms with van der Waals surface area (Å²) < 4.78 is 0. The highest BCUT2D eigenvalue weighted by molar-refractivity contribution is 6.07. The van der Waals surface area contributed by atoms with Gasteiger partial charge in [-0.05, 0) is 49.1 Å². The summed E-state index contributed by atoms with van der Waals surface area (Å²) in [7, 11) is 0. The number of urea groups is 1. The molecule has 9 nitrogen and oxygen atoms in total. The number of hydrogen-bond donors (Lipinski definition) is 3. The van der Waals surface area contributed by atoms with Crippen LogP contribution in [0.1, 0.15) is 75.3 Å². The van der Waals surface area contributed by atoms with Crippen molar-refractivity contribution in [3.8, 4) is 0 Å². The van der Waals surface area contributed by atoms with Crippen molar-refractivity contribution in [3.05, 3.63) is 41.5 Å². The SMILES string of the molecule is NC(N)=NCCC[C@@H]1NC(=O)N([C@@H](CC2CCCCC2)C(=O)N2CCC3(C=Cc4ccccc43)CC2)C1=O. The van der Waals surface area contributed by atoms with E-state index in [1.807, 2.05) is 4.90 Å². The third-order valence-electron chi connectivity index (χ3n) is 8.92. The molecule has 38 heavy (non-hydrogen) atoms. The molecule has 0 radical (unpaired) electrons. The Hall–Kier alpha value is -3.36. The van der Waals surface area contributed by atoms with Gasteiger partial charge >= 0.3 is 6.03 Å². The number of nitrogens with one attached hydrogen (secondary N) is 1. The van der Waals surface area contributed by atoms with Gasteiger partial charge in [0.05, 0.1) is 0 Å². The van der Waals surface area contributed by atoms with Gasteiger partial charge in [0.2, 0.25) is 5.91 Å². The molecule has 1 saturated carbocycles. The number of imide groups is 1. The summed E-state index contributed by atoms with van der Waals surface area (Å²) in [5, 5.41) is 2.81. The standard InChI is InChI=1S/C29H40N6O3/c30-27(31)32-16-6-11-23-25(36)35(28(38)33-23)24(19-20-7-2-1-3-8-20)26(37)34-17-14-29(15-18-34)13-12-21-9-4-5-10-22(21)29/h4-5,9-10,12-13,20,23-24H,1-3,6-8,11,14-19H2,(H,33,38)(H4,30,31,32)/t23-,24-/m0/s1. The molecular formula is C29H40N6O3. The van der Waals surface area contributed by atoms with Crippen LogP contribution in [0.15, 0.2) is 35.3 Å². The monoisotopic (exact) mass is 520 g/mol. The number of carbonyl (C=O) groups excluding carboxylic acids is 3. The lowest BCUT2D eigenvalue weighted by molar-refractivity contribution is -0.144. The molecule has 2 saturated heterocycles. The van der Waals surface area contributed by atoms with E-state index in [-0.39, 0.29) is 23.2 Å². The van der Waals surface area contributed by atoms with Crippen molar-refractivity contribution >= 4 is 29.9 Å². The number of aliphatic imine (C=N–C) groups is 1. The molecule has 1 aromatic rings. The highest BCUT2D eigenvalue weighted by atomic mass is 16.2. The normalized spacial score (nSPS) is 23.4. The van der Waals surface area contributed by atoms with Gasteiger partial charge in [-0.2, -0.15) is 0 Å². The van der Waals surface area contributed by atoms with Gasteiger partial charge in [0, 0.05) is 25.0 Å². The molecule has 1 spiro atoms. The molecule has 2 heterocycles. The quantitative estimate of drug-likeness (QED) is 0.210. The van der Waals surface area contributed by atoms with Gasteiger partial charge in [0.1, 0.15) is 12.1 Å².